The van der Waals surface area contributed by atoms with E-state index < -0.39 is 17.6 Å². The average Bonchev–Trinajstić information content (AvgIpc) is 2.33. The fourth-order valence-electron chi connectivity index (χ4n) is 1.22. The summed E-state index contributed by atoms with van der Waals surface area (Å²) in [6.45, 7) is 0. The van der Waals surface area contributed by atoms with Crippen LogP contribution >= 0.6 is 0 Å². The summed E-state index contributed by atoms with van der Waals surface area (Å²) >= 11 is 0. The Morgan fingerprint density at radius 2 is 1.76 bits per heavy atom. The number of benzene rings is 1. The van der Waals surface area contributed by atoms with Crippen molar-refractivity contribution in [2.45, 2.75) is 0 Å². The van der Waals surface area contributed by atoms with E-state index >= 15 is 0 Å². The van der Waals surface area contributed by atoms with Crippen molar-refractivity contribution in [3.8, 4) is 11.4 Å². The second kappa shape index (κ2) is 4.25. The Bertz CT molecular complexity index is 570. The Hall–Kier alpha value is -2.37. The van der Waals surface area contributed by atoms with Gasteiger partial charge < -0.3 is 5.11 Å². The van der Waals surface area contributed by atoms with Crippen LogP contribution in [0.5, 0.6) is 0 Å². The smallest absolute Gasteiger partial charge is 0.338 e. The first-order valence-electron chi connectivity index (χ1n) is 4.58. The number of aromatic nitrogens is 2. The maximum absolute atomic E-state index is 12.9. The molecule has 4 nitrogen and oxygen atoms in total. The number of rotatable bonds is 2. The molecule has 0 unspecified atom stereocenters. The molecule has 0 bridgehead atoms. The van der Waals surface area contributed by atoms with Crippen molar-refractivity contribution in [2.75, 3.05) is 0 Å². The van der Waals surface area contributed by atoms with Crippen LogP contribution in [0.1, 0.15) is 10.4 Å². The van der Waals surface area contributed by atoms with Crippen LogP contribution in [0, 0.1) is 11.6 Å². The number of carboxylic acid groups (broad SMARTS) is 1. The second-order valence-corrected chi connectivity index (χ2v) is 3.23. The topological polar surface area (TPSA) is 63.1 Å². The van der Waals surface area contributed by atoms with Gasteiger partial charge in [0.15, 0.2) is 17.5 Å². The van der Waals surface area contributed by atoms with Gasteiger partial charge in [0, 0.05) is 18.0 Å². The summed E-state index contributed by atoms with van der Waals surface area (Å²) in [4.78, 5) is 18.1. The number of hydrogen-bond donors (Lipinski definition) is 1. The van der Waals surface area contributed by atoms with Crippen LogP contribution in [0.15, 0.2) is 30.6 Å². The highest BCUT2D eigenvalue weighted by molar-refractivity contribution is 5.86. The van der Waals surface area contributed by atoms with E-state index in [1.165, 1.54) is 6.07 Å². The summed E-state index contributed by atoms with van der Waals surface area (Å²) < 4.78 is 25.6. The lowest BCUT2D eigenvalue weighted by molar-refractivity contribution is 0.0696. The molecule has 0 saturated heterocycles. The fraction of sp³-hybridized carbons (Fsp3) is 0. The summed E-state index contributed by atoms with van der Waals surface area (Å²) in [5.74, 6) is -2.99. The number of carbonyl (C=O) groups is 1. The molecule has 0 aliphatic carbocycles. The number of halogens is 2. The molecule has 6 heteroatoms. The minimum atomic E-state index is -1.15. The van der Waals surface area contributed by atoms with E-state index in [1.807, 2.05) is 0 Å². The van der Waals surface area contributed by atoms with Crippen LogP contribution in [-0.4, -0.2) is 21.0 Å². The van der Waals surface area contributed by atoms with Crippen LogP contribution in [-0.2, 0) is 0 Å². The van der Waals surface area contributed by atoms with E-state index in [0.717, 1.165) is 24.5 Å². The van der Waals surface area contributed by atoms with Crippen LogP contribution < -0.4 is 0 Å². The van der Waals surface area contributed by atoms with E-state index in [2.05, 4.69) is 9.97 Å². The third kappa shape index (κ3) is 2.25. The molecule has 17 heavy (non-hydrogen) atoms. The van der Waals surface area contributed by atoms with Crippen LogP contribution in [0.25, 0.3) is 11.4 Å². The summed E-state index contributed by atoms with van der Waals surface area (Å²) in [5.41, 5.74) is 0.206. The van der Waals surface area contributed by atoms with Gasteiger partial charge in [0.2, 0.25) is 0 Å². The molecule has 1 aromatic heterocycles. The van der Waals surface area contributed by atoms with Crippen LogP contribution in [0.2, 0.25) is 0 Å². The van der Waals surface area contributed by atoms with Crippen molar-refractivity contribution < 1.29 is 18.7 Å². The second-order valence-electron chi connectivity index (χ2n) is 3.23. The standard InChI is InChI=1S/C11H6F2N2O2/c12-8-2-1-6(3-9(8)13)10-14-4-7(5-15-10)11(16)17/h1-5H,(H,16,17). The molecule has 0 radical (unpaired) electrons. The monoisotopic (exact) mass is 236 g/mol. The van der Waals surface area contributed by atoms with Gasteiger partial charge >= 0.3 is 5.97 Å². The van der Waals surface area contributed by atoms with Crippen LogP contribution in [0.3, 0.4) is 0 Å². The van der Waals surface area contributed by atoms with Crippen molar-refractivity contribution in [3.63, 3.8) is 0 Å². The third-order valence-corrected chi connectivity index (χ3v) is 2.08. The van der Waals surface area contributed by atoms with Crippen molar-refractivity contribution in [1.82, 2.24) is 9.97 Å². The zero-order valence-corrected chi connectivity index (χ0v) is 8.39. The summed E-state index contributed by atoms with van der Waals surface area (Å²) in [6.07, 6.45) is 2.21. The lowest BCUT2D eigenvalue weighted by atomic mass is 10.2. The first-order valence-corrected chi connectivity index (χ1v) is 4.58. The van der Waals surface area contributed by atoms with Crippen molar-refractivity contribution >= 4 is 5.97 Å². The van der Waals surface area contributed by atoms with Crippen molar-refractivity contribution in [3.05, 3.63) is 47.8 Å². The van der Waals surface area contributed by atoms with Gasteiger partial charge in [-0.05, 0) is 18.2 Å². The lowest BCUT2D eigenvalue weighted by Gasteiger charge is -2.01. The van der Waals surface area contributed by atoms with Gasteiger partial charge in [-0.2, -0.15) is 0 Å². The summed E-state index contributed by atoms with van der Waals surface area (Å²) in [6, 6.07) is 3.22. The number of carboxylic acids is 1. The molecule has 0 aliphatic rings. The van der Waals surface area contributed by atoms with E-state index in [1.54, 1.807) is 0 Å². The highest BCUT2D eigenvalue weighted by atomic mass is 19.2. The first-order chi connectivity index (χ1) is 8.08. The molecule has 2 rings (SSSR count). The Labute approximate surface area is 94.6 Å². The molecule has 1 N–H and O–H groups in total. The van der Waals surface area contributed by atoms with Gasteiger partial charge in [-0.3, -0.25) is 0 Å². The SMILES string of the molecule is O=C(O)c1cnc(-c2ccc(F)c(F)c2)nc1. The number of nitrogens with zero attached hydrogens (tertiary/aromatic N) is 2. The van der Waals surface area contributed by atoms with Gasteiger partial charge in [0.1, 0.15) is 0 Å². The molecule has 0 fully saturated rings. The minimum Gasteiger partial charge on any atom is -0.478 e. The van der Waals surface area contributed by atoms with E-state index in [0.29, 0.717) is 0 Å². The van der Waals surface area contributed by atoms with Gasteiger partial charge in [0.05, 0.1) is 5.56 Å². The first kappa shape index (κ1) is 11.1. The van der Waals surface area contributed by atoms with Crippen molar-refractivity contribution in [2.24, 2.45) is 0 Å². The summed E-state index contributed by atoms with van der Waals surface area (Å²) in [5, 5.41) is 8.64. The fourth-order valence-corrected chi connectivity index (χ4v) is 1.22. The number of hydrogen-bond acceptors (Lipinski definition) is 3. The maximum atomic E-state index is 12.9. The highest BCUT2D eigenvalue weighted by Crippen LogP contribution is 2.17. The molecule has 86 valence electrons. The molecule has 0 saturated carbocycles. The van der Waals surface area contributed by atoms with Gasteiger partial charge in [0.25, 0.3) is 0 Å². The zero-order valence-electron chi connectivity index (χ0n) is 8.39. The van der Waals surface area contributed by atoms with Gasteiger partial charge in [-0.1, -0.05) is 0 Å². The van der Waals surface area contributed by atoms with E-state index in [9.17, 15) is 13.6 Å². The van der Waals surface area contributed by atoms with E-state index in [-0.39, 0.29) is 17.0 Å². The maximum Gasteiger partial charge on any atom is 0.338 e. The molecular formula is C11H6F2N2O2. The molecule has 1 aromatic carbocycles. The Morgan fingerprint density at radius 3 is 2.29 bits per heavy atom. The van der Waals surface area contributed by atoms with Gasteiger partial charge in [-0.15, -0.1) is 0 Å². The molecule has 0 amide bonds. The van der Waals surface area contributed by atoms with Crippen molar-refractivity contribution in [1.29, 1.82) is 0 Å². The Morgan fingerprint density at radius 1 is 1.12 bits per heavy atom. The Kier molecular flexibility index (Phi) is 2.78. The summed E-state index contributed by atoms with van der Waals surface area (Å²) in [7, 11) is 0. The van der Waals surface area contributed by atoms with E-state index in [4.69, 9.17) is 5.11 Å². The Balaban J connectivity index is 2.39. The quantitative estimate of drug-likeness (QED) is 0.867. The van der Waals surface area contributed by atoms with Crippen LogP contribution in [0.4, 0.5) is 8.78 Å². The minimum absolute atomic E-state index is 0.0728. The number of aromatic carboxylic acids is 1. The molecule has 0 spiro atoms. The molecular weight excluding hydrogens is 230 g/mol. The third-order valence-electron chi connectivity index (χ3n) is 2.08. The normalized spacial score (nSPS) is 10.2. The van der Waals surface area contributed by atoms with Gasteiger partial charge in [-0.25, -0.2) is 23.5 Å². The predicted molar refractivity (Wildman–Crippen MR) is 54.3 cm³/mol. The molecule has 0 atom stereocenters. The predicted octanol–water partition coefficient (Wildman–Crippen LogP) is 2.12. The average molecular weight is 236 g/mol. The molecule has 2 aromatic rings. The zero-order chi connectivity index (χ0) is 12.4. The molecule has 0 aliphatic heterocycles. The molecule has 1 heterocycles. The lowest BCUT2D eigenvalue weighted by Crippen LogP contribution is -1.99. The highest BCUT2D eigenvalue weighted by Gasteiger charge is 2.08. The largest absolute Gasteiger partial charge is 0.478 e.